The maximum Gasteiger partial charge on any atom is 0.340 e. The van der Waals surface area contributed by atoms with Crippen LogP contribution in [0, 0.1) is 13.8 Å². The van der Waals surface area contributed by atoms with Gasteiger partial charge in [-0.15, -0.1) is 0 Å². The van der Waals surface area contributed by atoms with Gasteiger partial charge >= 0.3 is 11.6 Å². The van der Waals surface area contributed by atoms with Gasteiger partial charge in [0.1, 0.15) is 23.1 Å². The number of carboxylic acids is 1. The van der Waals surface area contributed by atoms with Crippen LogP contribution in [-0.2, 0) is 22.4 Å². The molecule has 0 spiro atoms. The summed E-state index contributed by atoms with van der Waals surface area (Å²) in [5.41, 5.74) is 2.58. The zero-order valence-electron chi connectivity index (χ0n) is 18.9. The van der Waals surface area contributed by atoms with Crippen molar-refractivity contribution >= 4 is 33.7 Å². The van der Waals surface area contributed by atoms with E-state index in [-0.39, 0.29) is 24.2 Å². The van der Waals surface area contributed by atoms with Gasteiger partial charge in [-0.1, -0.05) is 0 Å². The molecule has 2 heterocycles. The zero-order valence-corrected chi connectivity index (χ0v) is 18.9. The van der Waals surface area contributed by atoms with E-state index in [1.54, 1.807) is 31.3 Å². The number of phenolic OH excluding ortho intramolecular Hbond substituents is 1. The molecule has 4 rings (SSSR count). The van der Waals surface area contributed by atoms with Crippen molar-refractivity contribution in [1.29, 1.82) is 0 Å². The topological polar surface area (TPSA) is 142 Å². The zero-order chi connectivity index (χ0) is 24.6. The molecular weight excluding hydrogens is 440 g/mol. The summed E-state index contributed by atoms with van der Waals surface area (Å²) in [6, 6.07) is 7.01. The predicted molar refractivity (Wildman–Crippen MR) is 125 cm³/mol. The molecule has 0 aliphatic rings. The molecule has 1 unspecified atom stereocenters. The number of amides is 1. The van der Waals surface area contributed by atoms with Crippen molar-refractivity contribution in [2.45, 2.75) is 32.7 Å². The summed E-state index contributed by atoms with van der Waals surface area (Å²) in [4.78, 5) is 40.3. The fraction of sp³-hybridized carbons (Fsp3) is 0.240. The van der Waals surface area contributed by atoms with E-state index in [4.69, 9.17) is 9.15 Å². The van der Waals surface area contributed by atoms with Crippen molar-refractivity contribution in [2.75, 3.05) is 7.11 Å². The molecule has 9 heteroatoms. The molecule has 0 aliphatic carbocycles. The van der Waals surface area contributed by atoms with Crippen molar-refractivity contribution in [2.24, 2.45) is 0 Å². The second-order valence-electron chi connectivity index (χ2n) is 8.22. The van der Waals surface area contributed by atoms with Crippen LogP contribution in [0.3, 0.4) is 0 Å². The summed E-state index contributed by atoms with van der Waals surface area (Å²) in [6.45, 7) is 3.55. The van der Waals surface area contributed by atoms with Crippen molar-refractivity contribution in [3.05, 3.63) is 69.2 Å². The number of aryl methyl sites for hydroxylation is 2. The summed E-state index contributed by atoms with van der Waals surface area (Å²) >= 11 is 0. The summed E-state index contributed by atoms with van der Waals surface area (Å²) in [7, 11) is 1.51. The average molecular weight is 464 g/mol. The maximum absolute atomic E-state index is 12.8. The molecule has 0 saturated heterocycles. The van der Waals surface area contributed by atoms with Crippen LogP contribution < -0.4 is 15.7 Å². The maximum atomic E-state index is 12.8. The van der Waals surface area contributed by atoms with E-state index >= 15 is 0 Å². The largest absolute Gasteiger partial charge is 0.508 e. The lowest BCUT2D eigenvalue weighted by molar-refractivity contribution is -0.141. The minimum atomic E-state index is -1.24. The van der Waals surface area contributed by atoms with E-state index in [0.29, 0.717) is 33.2 Å². The Kier molecular flexibility index (Phi) is 6.02. The van der Waals surface area contributed by atoms with Crippen LogP contribution in [0.1, 0.15) is 22.3 Å². The Morgan fingerprint density at radius 2 is 1.97 bits per heavy atom. The number of benzene rings is 2. The van der Waals surface area contributed by atoms with Gasteiger partial charge in [0.15, 0.2) is 0 Å². The third-order valence-electron chi connectivity index (χ3n) is 5.85. The SMILES string of the molecule is COc1cc(C)cc2oc(=O)c(CC(=O)NC(Cc3c[nH]c4ccc(O)cc34)C(=O)O)c(C)c12. The third-order valence-corrected chi connectivity index (χ3v) is 5.85. The number of ether oxygens (including phenoxy) is 1. The Balaban J connectivity index is 1.60. The fourth-order valence-electron chi connectivity index (χ4n) is 4.16. The molecule has 0 saturated carbocycles. The molecule has 2 aromatic carbocycles. The minimum Gasteiger partial charge on any atom is -0.508 e. The van der Waals surface area contributed by atoms with E-state index in [2.05, 4.69) is 10.3 Å². The van der Waals surface area contributed by atoms with Crippen LogP contribution >= 0.6 is 0 Å². The van der Waals surface area contributed by atoms with Crippen molar-refractivity contribution in [1.82, 2.24) is 10.3 Å². The number of fused-ring (bicyclic) bond motifs is 2. The highest BCUT2D eigenvalue weighted by atomic mass is 16.5. The Labute approximate surface area is 194 Å². The number of aliphatic carboxylic acids is 1. The molecule has 4 aromatic rings. The molecule has 4 N–H and O–H groups in total. The quantitative estimate of drug-likeness (QED) is 0.308. The second-order valence-corrected chi connectivity index (χ2v) is 8.22. The first-order chi connectivity index (χ1) is 16.2. The number of phenols is 1. The molecule has 0 bridgehead atoms. The van der Waals surface area contributed by atoms with Crippen LogP contribution in [0.2, 0.25) is 0 Å². The Bertz CT molecular complexity index is 1480. The predicted octanol–water partition coefficient (Wildman–Crippen LogP) is 2.96. The van der Waals surface area contributed by atoms with E-state index in [0.717, 1.165) is 11.1 Å². The summed E-state index contributed by atoms with van der Waals surface area (Å²) < 4.78 is 10.9. The van der Waals surface area contributed by atoms with Crippen molar-refractivity contribution in [3.63, 3.8) is 0 Å². The highest BCUT2D eigenvalue weighted by Crippen LogP contribution is 2.31. The molecule has 1 amide bonds. The van der Waals surface area contributed by atoms with E-state index in [9.17, 15) is 24.6 Å². The normalized spacial score (nSPS) is 12.1. The highest BCUT2D eigenvalue weighted by Gasteiger charge is 2.24. The third kappa shape index (κ3) is 4.32. The highest BCUT2D eigenvalue weighted by molar-refractivity contribution is 5.91. The number of aromatic amines is 1. The van der Waals surface area contributed by atoms with Gasteiger partial charge in [-0.05, 0) is 60.9 Å². The standard InChI is InChI=1S/C25H24N2O7/c1-12-6-20(33-3)23-13(2)16(25(32)34-21(23)7-12)10-22(29)27-19(24(30)31)8-14-11-26-18-5-4-15(28)9-17(14)18/h4-7,9,11,19,26,28H,8,10H2,1-3H3,(H,27,29)(H,30,31). The monoisotopic (exact) mass is 464 g/mol. The minimum absolute atomic E-state index is 0.0110. The number of H-pyrrole nitrogens is 1. The van der Waals surface area contributed by atoms with Crippen LogP contribution in [0.25, 0.3) is 21.9 Å². The van der Waals surface area contributed by atoms with Gasteiger partial charge in [-0.3, -0.25) is 4.79 Å². The lowest BCUT2D eigenvalue weighted by Gasteiger charge is -2.15. The van der Waals surface area contributed by atoms with E-state index in [1.807, 2.05) is 6.92 Å². The van der Waals surface area contributed by atoms with Crippen molar-refractivity contribution in [3.8, 4) is 11.5 Å². The Morgan fingerprint density at radius 3 is 2.68 bits per heavy atom. The molecular formula is C25H24N2O7. The van der Waals surface area contributed by atoms with Gasteiger partial charge in [0, 0.05) is 23.5 Å². The number of carboxylic acid groups (broad SMARTS) is 1. The number of rotatable bonds is 7. The lowest BCUT2D eigenvalue weighted by atomic mass is 10.0. The van der Waals surface area contributed by atoms with Gasteiger partial charge in [0.05, 0.1) is 24.5 Å². The number of carbonyl (C=O) groups is 2. The summed E-state index contributed by atoms with van der Waals surface area (Å²) in [5.74, 6) is -1.28. The van der Waals surface area contributed by atoms with Gasteiger partial charge in [0.25, 0.3) is 0 Å². The summed E-state index contributed by atoms with van der Waals surface area (Å²) in [6.07, 6.45) is 1.28. The first-order valence-corrected chi connectivity index (χ1v) is 10.6. The molecule has 0 aliphatic heterocycles. The van der Waals surface area contributed by atoms with Gasteiger partial charge < -0.3 is 29.7 Å². The molecule has 9 nitrogen and oxygen atoms in total. The second kappa shape index (κ2) is 8.93. The first kappa shape index (κ1) is 22.9. The number of hydrogen-bond acceptors (Lipinski definition) is 6. The molecule has 1 atom stereocenters. The molecule has 34 heavy (non-hydrogen) atoms. The summed E-state index contributed by atoms with van der Waals surface area (Å²) in [5, 5.41) is 23.2. The molecule has 0 radical (unpaired) electrons. The van der Waals surface area contributed by atoms with E-state index in [1.165, 1.54) is 19.2 Å². The van der Waals surface area contributed by atoms with Crippen LogP contribution in [-0.4, -0.2) is 40.2 Å². The molecule has 2 aromatic heterocycles. The molecule has 176 valence electrons. The first-order valence-electron chi connectivity index (χ1n) is 10.6. The smallest absolute Gasteiger partial charge is 0.340 e. The number of carbonyl (C=O) groups excluding carboxylic acids is 1. The number of aromatic hydroxyl groups is 1. The molecule has 0 fully saturated rings. The van der Waals surface area contributed by atoms with Crippen LogP contribution in [0.5, 0.6) is 11.5 Å². The Morgan fingerprint density at radius 1 is 1.21 bits per heavy atom. The van der Waals surface area contributed by atoms with E-state index < -0.39 is 23.5 Å². The van der Waals surface area contributed by atoms with Gasteiger partial charge in [0.2, 0.25) is 5.91 Å². The van der Waals surface area contributed by atoms with Crippen LogP contribution in [0.15, 0.2) is 45.7 Å². The van der Waals surface area contributed by atoms with Gasteiger partial charge in [-0.25, -0.2) is 9.59 Å². The Hall–Kier alpha value is -4.27. The fourth-order valence-corrected chi connectivity index (χ4v) is 4.16. The van der Waals surface area contributed by atoms with Gasteiger partial charge in [-0.2, -0.15) is 0 Å². The number of methoxy groups -OCH3 is 1. The van der Waals surface area contributed by atoms with Crippen molar-refractivity contribution < 1.29 is 29.0 Å². The number of hydrogen-bond donors (Lipinski definition) is 4. The van der Waals surface area contributed by atoms with Crippen LogP contribution in [0.4, 0.5) is 0 Å². The average Bonchev–Trinajstić information content (AvgIpc) is 3.17. The lowest BCUT2D eigenvalue weighted by Crippen LogP contribution is -2.43. The number of aromatic nitrogens is 1. The number of nitrogens with one attached hydrogen (secondary N) is 2.